The highest BCUT2D eigenvalue weighted by Gasteiger charge is 2.30. The van der Waals surface area contributed by atoms with E-state index in [2.05, 4.69) is 4.98 Å². The van der Waals surface area contributed by atoms with Crippen molar-refractivity contribution in [1.82, 2.24) is 4.98 Å². The maximum atomic E-state index is 12.9. The van der Waals surface area contributed by atoms with Crippen LogP contribution < -0.4 is 10.6 Å². The molecule has 1 aromatic heterocycles. The van der Waals surface area contributed by atoms with Crippen LogP contribution in [0.25, 0.3) is 0 Å². The van der Waals surface area contributed by atoms with Crippen LogP contribution in [-0.2, 0) is 4.79 Å². The van der Waals surface area contributed by atoms with Crippen LogP contribution in [0.2, 0.25) is 0 Å². The summed E-state index contributed by atoms with van der Waals surface area (Å²) in [6, 6.07) is 2.08. The minimum absolute atomic E-state index is 0.0480. The van der Waals surface area contributed by atoms with Gasteiger partial charge in [-0.15, -0.1) is 0 Å². The Hall–Kier alpha value is -1.56. The first-order valence-corrected chi connectivity index (χ1v) is 4.93. The molecule has 0 aromatic carbocycles. The fraction of sp³-hybridized carbons (Fsp3) is 0.400. The molecule has 0 aliphatic carbocycles. The largest absolute Gasteiger partial charge is 0.330 e. The first kappa shape index (κ1) is 10.9. The zero-order valence-corrected chi connectivity index (χ0v) is 8.49. The molecule has 0 spiro atoms. The molecule has 1 aliphatic rings. The molecule has 1 atom stereocenters. The molecule has 1 saturated heterocycles. The van der Waals surface area contributed by atoms with Gasteiger partial charge in [-0.2, -0.15) is 13.8 Å². The molecule has 0 saturated carbocycles. The second-order valence-electron chi connectivity index (χ2n) is 3.78. The number of anilines is 1. The van der Waals surface area contributed by atoms with Crippen LogP contribution in [0.5, 0.6) is 0 Å². The number of aromatic nitrogens is 1. The molecule has 16 heavy (non-hydrogen) atoms. The van der Waals surface area contributed by atoms with Crippen molar-refractivity contribution in [1.29, 1.82) is 0 Å². The number of hydrogen-bond acceptors (Lipinski definition) is 3. The quantitative estimate of drug-likeness (QED) is 0.755. The molecule has 1 unspecified atom stereocenters. The second kappa shape index (κ2) is 4.13. The van der Waals surface area contributed by atoms with E-state index in [4.69, 9.17) is 5.73 Å². The lowest BCUT2D eigenvalue weighted by Gasteiger charge is -2.16. The maximum absolute atomic E-state index is 12.9. The van der Waals surface area contributed by atoms with Crippen molar-refractivity contribution in [3.63, 3.8) is 0 Å². The molecule has 1 fully saturated rings. The minimum atomic E-state index is -0.931. The Morgan fingerprint density at radius 1 is 1.44 bits per heavy atom. The average molecular weight is 227 g/mol. The summed E-state index contributed by atoms with van der Waals surface area (Å²) in [6.45, 7) is 0.788. The van der Waals surface area contributed by atoms with E-state index in [1.165, 1.54) is 4.90 Å². The molecule has 2 N–H and O–H groups in total. The highest BCUT2D eigenvalue weighted by atomic mass is 19.1. The highest BCUT2D eigenvalue weighted by molar-refractivity contribution is 5.95. The fourth-order valence-electron chi connectivity index (χ4n) is 1.80. The summed E-state index contributed by atoms with van der Waals surface area (Å²) >= 11 is 0. The van der Waals surface area contributed by atoms with Crippen LogP contribution in [0, 0.1) is 17.8 Å². The van der Waals surface area contributed by atoms with Gasteiger partial charge in [0, 0.05) is 25.1 Å². The number of hydrogen-bond donors (Lipinski definition) is 1. The van der Waals surface area contributed by atoms with Crippen LogP contribution in [-0.4, -0.2) is 24.0 Å². The summed E-state index contributed by atoms with van der Waals surface area (Å²) in [5, 5.41) is 0. The van der Waals surface area contributed by atoms with Gasteiger partial charge in [-0.1, -0.05) is 0 Å². The number of rotatable bonds is 2. The molecule has 2 rings (SSSR count). The fourth-order valence-corrected chi connectivity index (χ4v) is 1.80. The van der Waals surface area contributed by atoms with Gasteiger partial charge in [-0.05, 0) is 12.5 Å². The Morgan fingerprint density at radius 2 is 2.06 bits per heavy atom. The predicted molar refractivity (Wildman–Crippen MR) is 53.7 cm³/mol. The Morgan fingerprint density at radius 3 is 2.56 bits per heavy atom. The van der Waals surface area contributed by atoms with Crippen LogP contribution >= 0.6 is 0 Å². The lowest BCUT2D eigenvalue weighted by atomic mass is 10.1. The third-order valence-corrected chi connectivity index (χ3v) is 2.60. The third kappa shape index (κ3) is 2.01. The van der Waals surface area contributed by atoms with Gasteiger partial charge in [0.15, 0.2) is 0 Å². The number of pyridine rings is 1. The molecule has 0 bridgehead atoms. The molecule has 0 radical (unpaired) electrons. The Bertz CT molecular complexity index is 404. The van der Waals surface area contributed by atoms with Crippen molar-refractivity contribution in [3.05, 3.63) is 24.0 Å². The molecule has 86 valence electrons. The summed E-state index contributed by atoms with van der Waals surface area (Å²) in [7, 11) is 0. The summed E-state index contributed by atoms with van der Waals surface area (Å²) in [6.07, 6.45) is 0.321. The van der Waals surface area contributed by atoms with E-state index >= 15 is 0 Å². The van der Waals surface area contributed by atoms with Crippen molar-refractivity contribution in [2.45, 2.75) is 6.42 Å². The normalized spacial score (nSPS) is 20.6. The number of carbonyl (C=O) groups is 1. The van der Waals surface area contributed by atoms with Crippen molar-refractivity contribution in [2.24, 2.45) is 11.7 Å². The van der Waals surface area contributed by atoms with Crippen LogP contribution in [0.1, 0.15) is 6.42 Å². The molecule has 1 amide bonds. The van der Waals surface area contributed by atoms with E-state index in [-0.39, 0.29) is 17.5 Å². The van der Waals surface area contributed by atoms with Gasteiger partial charge in [0.05, 0.1) is 5.69 Å². The number of halogens is 2. The van der Waals surface area contributed by atoms with E-state index in [0.717, 1.165) is 12.1 Å². The number of nitrogens with zero attached hydrogens (tertiary/aromatic N) is 2. The van der Waals surface area contributed by atoms with Gasteiger partial charge < -0.3 is 10.6 Å². The summed E-state index contributed by atoms with van der Waals surface area (Å²) in [5.41, 5.74) is 5.66. The van der Waals surface area contributed by atoms with Gasteiger partial charge >= 0.3 is 0 Å². The van der Waals surface area contributed by atoms with Crippen molar-refractivity contribution in [3.8, 4) is 0 Å². The van der Waals surface area contributed by atoms with Gasteiger partial charge in [-0.3, -0.25) is 4.79 Å². The van der Waals surface area contributed by atoms with Gasteiger partial charge in [0.25, 0.3) is 0 Å². The highest BCUT2D eigenvalue weighted by Crippen LogP contribution is 2.25. The Labute approximate surface area is 91.1 Å². The minimum Gasteiger partial charge on any atom is -0.330 e. The molecular formula is C10H11F2N3O. The van der Waals surface area contributed by atoms with Gasteiger partial charge in [0.1, 0.15) is 0 Å². The van der Waals surface area contributed by atoms with Crippen molar-refractivity contribution < 1.29 is 13.6 Å². The molecular weight excluding hydrogens is 216 g/mol. The molecule has 2 heterocycles. The molecule has 4 nitrogen and oxygen atoms in total. The van der Waals surface area contributed by atoms with Crippen molar-refractivity contribution >= 4 is 11.6 Å². The smallest absolute Gasteiger partial charge is 0.227 e. The Kier molecular flexibility index (Phi) is 2.82. The van der Waals surface area contributed by atoms with Crippen LogP contribution in [0.3, 0.4) is 0 Å². The van der Waals surface area contributed by atoms with E-state index < -0.39 is 11.9 Å². The standard InChI is InChI=1S/C10H11F2N3O/c11-8-2-7(3-9(12)14-8)15-5-6(4-13)1-10(15)16/h2-3,6H,1,4-5,13H2. The number of amides is 1. The van der Waals surface area contributed by atoms with Gasteiger partial charge in [-0.25, -0.2) is 0 Å². The Balaban J connectivity index is 2.27. The first-order chi connectivity index (χ1) is 7.60. The second-order valence-corrected chi connectivity index (χ2v) is 3.78. The van der Waals surface area contributed by atoms with E-state index in [9.17, 15) is 13.6 Å². The van der Waals surface area contributed by atoms with Crippen LogP contribution in [0.15, 0.2) is 12.1 Å². The zero-order chi connectivity index (χ0) is 11.7. The summed E-state index contributed by atoms with van der Waals surface area (Å²) in [5.74, 6) is -1.98. The summed E-state index contributed by atoms with van der Waals surface area (Å²) < 4.78 is 25.7. The monoisotopic (exact) mass is 227 g/mol. The maximum Gasteiger partial charge on any atom is 0.227 e. The average Bonchev–Trinajstić information content (AvgIpc) is 2.58. The zero-order valence-electron chi connectivity index (χ0n) is 8.49. The topological polar surface area (TPSA) is 59.2 Å². The van der Waals surface area contributed by atoms with E-state index in [1.54, 1.807) is 0 Å². The lowest BCUT2D eigenvalue weighted by molar-refractivity contribution is -0.117. The van der Waals surface area contributed by atoms with Crippen molar-refractivity contribution in [2.75, 3.05) is 18.0 Å². The summed E-state index contributed by atoms with van der Waals surface area (Å²) in [4.78, 5) is 15.9. The lowest BCUT2D eigenvalue weighted by Crippen LogP contribution is -2.26. The molecule has 1 aromatic rings. The molecule has 1 aliphatic heterocycles. The predicted octanol–water partition coefficient (Wildman–Crippen LogP) is 0.671. The SMILES string of the molecule is NCC1CC(=O)N(c2cc(F)nc(F)c2)C1. The van der Waals surface area contributed by atoms with E-state index in [0.29, 0.717) is 19.5 Å². The van der Waals surface area contributed by atoms with Crippen LogP contribution in [0.4, 0.5) is 14.5 Å². The third-order valence-electron chi connectivity index (χ3n) is 2.60. The number of nitrogens with two attached hydrogens (primary N) is 1. The first-order valence-electron chi connectivity index (χ1n) is 4.93. The molecule has 6 heteroatoms. The number of carbonyl (C=O) groups excluding carboxylic acids is 1. The van der Waals surface area contributed by atoms with E-state index in [1.807, 2.05) is 0 Å². The van der Waals surface area contributed by atoms with Gasteiger partial charge in [0.2, 0.25) is 17.8 Å².